The summed E-state index contributed by atoms with van der Waals surface area (Å²) in [6.07, 6.45) is 1.46. The second-order valence-electron chi connectivity index (χ2n) is 3.51. The fourth-order valence-corrected chi connectivity index (χ4v) is 3.98. The maximum Gasteiger partial charge on any atom is 0.179 e. The van der Waals surface area contributed by atoms with E-state index >= 15 is 0 Å². The van der Waals surface area contributed by atoms with E-state index in [-0.39, 0.29) is 0 Å². The third kappa shape index (κ3) is 3.39. The van der Waals surface area contributed by atoms with Crippen molar-refractivity contribution in [2.45, 2.75) is 26.6 Å². The highest BCUT2D eigenvalue weighted by atomic mass is 35.5. The molecule has 0 saturated heterocycles. The Balaban J connectivity index is 2.19. The minimum absolute atomic E-state index is 0.508. The highest BCUT2D eigenvalue weighted by Gasteiger charge is 2.10. The minimum Gasteiger partial charge on any atom is -0.389 e. The van der Waals surface area contributed by atoms with Crippen LogP contribution in [-0.4, -0.2) is 21.6 Å². The van der Waals surface area contributed by atoms with E-state index in [9.17, 15) is 5.11 Å². The maximum atomic E-state index is 9.48. The maximum absolute atomic E-state index is 9.48. The second kappa shape index (κ2) is 6.25. The van der Waals surface area contributed by atoms with Gasteiger partial charge >= 0.3 is 0 Å². The van der Waals surface area contributed by atoms with Crippen LogP contribution in [0.1, 0.15) is 18.6 Å². The summed E-state index contributed by atoms with van der Waals surface area (Å²) in [4.78, 5) is 0.921. The lowest BCUT2D eigenvalue weighted by Crippen LogP contribution is -1.90. The van der Waals surface area contributed by atoms with E-state index in [4.69, 9.17) is 11.6 Å². The summed E-state index contributed by atoms with van der Waals surface area (Å²) in [6, 6.07) is 5.55. The fourth-order valence-electron chi connectivity index (χ4n) is 1.27. The van der Waals surface area contributed by atoms with E-state index in [1.54, 1.807) is 36.1 Å². The third-order valence-electron chi connectivity index (χ3n) is 2.20. The molecule has 0 bridgehead atoms. The molecule has 18 heavy (non-hydrogen) atoms. The Kier molecular flexibility index (Phi) is 4.91. The van der Waals surface area contributed by atoms with E-state index in [0.717, 1.165) is 19.1 Å². The zero-order valence-corrected chi connectivity index (χ0v) is 13.0. The van der Waals surface area contributed by atoms with Crippen molar-refractivity contribution in [2.24, 2.45) is 0 Å². The van der Waals surface area contributed by atoms with Gasteiger partial charge in [-0.1, -0.05) is 52.5 Å². The molecule has 1 heterocycles. The smallest absolute Gasteiger partial charge is 0.179 e. The van der Waals surface area contributed by atoms with Gasteiger partial charge in [0.05, 0.1) is 11.1 Å². The quantitative estimate of drug-likeness (QED) is 0.859. The van der Waals surface area contributed by atoms with Crippen molar-refractivity contribution in [1.29, 1.82) is 0 Å². The lowest BCUT2D eigenvalue weighted by Gasteiger charge is -2.07. The summed E-state index contributed by atoms with van der Waals surface area (Å²) in [6.45, 7) is 1.72. The zero-order valence-electron chi connectivity index (χ0n) is 9.75. The number of aromatic nitrogens is 2. The molecule has 1 aromatic heterocycles. The summed E-state index contributed by atoms with van der Waals surface area (Å²) in [5, 5.41) is 18.2. The van der Waals surface area contributed by atoms with Gasteiger partial charge in [0.1, 0.15) is 0 Å². The number of thioether (sulfide) groups is 1. The van der Waals surface area contributed by atoms with Gasteiger partial charge in [0.15, 0.2) is 8.68 Å². The lowest BCUT2D eigenvalue weighted by molar-refractivity contribution is 0.199. The molecule has 2 rings (SSSR count). The molecule has 1 unspecified atom stereocenters. The first-order valence-corrected chi connectivity index (χ1v) is 8.36. The summed E-state index contributed by atoms with van der Waals surface area (Å²) in [5.41, 5.74) is 0.811. The van der Waals surface area contributed by atoms with Crippen LogP contribution >= 0.6 is 46.5 Å². The van der Waals surface area contributed by atoms with E-state index in [0.29, 0.717) is 5.02 Å². The van der Waals surface area contributed by atoms with Crippen LogP contribution in [0.5, 0.6) is 0 Å². The van der Waals surface area contributed by atoms with E-state index in [2.05, 4.69) is 10.2 Å². The molecule has 1 N–H and O–H groups in total. The highest BCUT2D eigenvalue weighted by molar-refractivity contribution is 8.03. The summed E-state index contributed by atoms with van der Waals surface area (Å²) < 4.78 is 1.81. The predicted octanol–water partition coefficient (Wildman–Crippen LogP) is 4.12. The van der Waals surface area contributed by atoms with Crippen LogP contribution in [0.25, 0.3) is 0 Å². The van der Waals surface area contributed by atoms with E-state index in [1.807, 2.05) is 18.4 Å². The largest absolute Gasteiger partial charge is 0.389 e. The van der Waals surface area contributed by atoms with Crippen molar-refractivity contribution in [3.05, 3.63) is 28.8 Å². The number of aliphatic hydroxyl groups excluding tert-OH is 1. The first kappa shape index (κ1) is 14.1. The number of hydrogen-bond acceptors (Lipinski definition) is 6. The number of nitrogens with zero attached hydrogens (tertiary/aromatic N) is 2. The normalized spacial score (nSPS) is 12.7. The van der Waals surface area contributed by atoms with Gasteiger partial charge in [-0.25, -0.2) is 0 Å². The van der Waals surface area contributed by atoms with Crippen molar-refractivity contribution in [3.63, 3.8) is 0 Å². The van der Waals surface area contributed by atoms with Gasteiger partial charge in [0.2, 0.25) is 0 Å². The predicted molar refractivity (Wildman–Crippen MR) is 77.9 cm³/mol. The van der Waals surface area contributed by atoms with Crippen molar-refractivity contribution >= 4 is 46.5 Å². The zero-order chi connectivity index (χ0) is 13.1. The SMILES string of the molecule is CSc1nnc(Sc2ccc(C(C)O)cc2Cl)s1. The highest BCUT2D eigenvalue weighted by Crippen LogP contribution is 2.37. The van der Waals surface area contributed by atoms with Crippen LogP contribution in [0, 0.1) is 0 Å². The van der Waals surface area contributed by atoms with Crippen LogP contribution in [0.3, 0.4) is 0 Å². The summed E-state index contributed by atoms with van der Waals surface area (Å²) >= 11 is 10.8. The molecule has 7 heteroatoms. The van der Waals surface area contributed by atoms with Gasteiger partial charge in [-0.15, -0.1) is 10.2 Å². The van der Waals surface area contributed by atoms with Crippen LogP contribution in [0.2, 0.25) is 5.02 Å². The molecule has 0 aliphatic heterocycles. The molecule has 0 saturated carbocycles. The van der Waals surface area contributed by atoms with Crippen LogP contribution in [0.15, 0.2) is 31.8 Å². The molecule has 0 radical (unpaired) electrons. The Morgan fingerprint density at radius 2 is 2.06 bits per heavy atom. The van der Waals surface area contributed by atoms with Crippen LogP contribution < -0.4 is 0 Å². The molecule has 0 aliphatic carbocycles. The number of rotatable bonds is 4. The standard InChI is InChI=1S/C11H11ClN2OS3/c1-6(15)7-3-4-9(8(12)5-7)17-11-14-13-10(16-2)18-11/h3-6,15H,1-2H3. The van der Waals surface area contributed by atoms with Gasteiger partial charge in [-0.3, -0.25) is 0 Å². The fraction of sp³-hybridized carbons (Fsp3) is 0.273. The van der Waals surface area contributed by atoms with Gasteiger partial charge < -0.3 is 5.11 Å². The molecule has 0 spiro atoms. The van der Waals surface area contributed by atoms with Gasteiger partial charge in [-0.2, -0.15) is 0 Å². The Labute approximate surface area is 123 Å². The Morgan fingerprint density at radius 1 is 1.33 bits per heavy atom. The third-order valence-corrected chi connectivity index (χ3v) is 5.65. The van der Waals surface area contributed by atoms with Crippen molar-refractivity contribution in [3.8, 4) is 0 Å². The number of hydrogen-bond donors (Lipinski definition) is 1. The average Bonchev–Trinajstić information content (AvgIpc) is 2.79. The monoisotopic (exact) mass is 318 g/mol. The molecular formula is C11H11ClN2OS3. The topological polar surface area (TPSA) is 46.0 Å². The molecule has 0 fully saturated rings. The van der Waals surface area contributed by atoms with Gasteiger partial charge in [-0.05, 0) is 30.9 Å². The number of aliphatic hydroxyl groups is 1. The van der Waals surface area contributed by atoms with Crippen molar-refractivity contribution < 1.29 is 5.11 Å². The average molecular weight is 319 g/mol. The molecule has 1 aromatic carbocycles. The van der Waals surface area contributed by atoms with Gasteiger partial charge in [0.25, 0.3) is 0 Å². The molecule has 96 valence electrons. The van der Waals surface area contributed by atoms with Crippen molar-refractivity contribution in [1.82, 2.24) is 10.2 Å². The first-order chi connectivity index (χ1) is 8.60. The number of benzene rings is 1. The molecule has 2 aromatic rings. The summed E-state index contributed by atoms with van der Waals surface area (Å²) in [7, 11) is 0. The van der Waals surface area contributed by atoms with E-state index < -0.39 is 6.10 Å². The molecule has 1 atom stereocenters. The Bertz CT molecular complexity index is 545. The molecule has 0 amide bonds. The van der Waals surface area contributed by atoms with E-state index in [1.165, 1.54) is 11.8 Å². The molecule has 0 aliphatic rings. The Morgan fingerprint density at radius 3 is 2.61 bits per heavy atom. The Hall–Kier alpha value is -0.270. The molecule has 3 nitrogen and oxygen atoms in total. The van der Waals surface area contributed by atoms with Gasteiger partial charge in [0, 0.05) is 4.90 Å². The number of halogens is 1. The second-order valence-corrected chi connectivity index (χ2v) is 7.23. The van der Waals surface area contributed by atoms with Crippen LogP contribution in [0.4, 0.5) is 0 Å². The summed E-state index contributed by atoms with van der Waals surface area (Å²) in [5.74, 6) is 0. The first-order valence-electron chi connectivity index (χ1n) is 5.13. The lowest BCUT2D eigenvalue weighted by atomic mass is 10.1. The van der Waals surface area contributed by atoms with Crippen LogP contribution in [-0.2, 0) is 0 Å². The van der Waals surface area contributed by atoms with Crippen molar-refractivity contribution in [2.75, 3.05) is 6.26 Å². The molecular weight excluding hydrogens is 308 g/mol. The minimum atomic E-state index is -0.508.